The number of methoxy groups -OCH3 is 1. The van der Waals surface area contributed by atoms with E-state index in [2.05, 4.69) is 4.98 Å². The summed E-state index contributed by atoms with van der Waals surface area (Å²) in [6, 6.07) is 3.35. The second-order valence-corrected chi connectivity index (χ2v) is 4.61. The third kappa shape index (κ3) is 2.79. The molecular formula is C13H18N2O3. The number of carbonyl (C=O) groups is 1. The maximum absolute atomic E-state index is 11.1. The zero-order chi connectivity index (χ0) is 13.1. The second kappa shape index (κ2) is 5.35. The normalized spacial score (nSPS) is 20.0. The van der Waals surface area contributed by atoms with Gasteiger partial charge in [-0.05, 0) is 26.3 Å². The van der Waals surface area contributed by atoms with Crippen LogP contribution in [0.1, 0.15) is 24.2 Å². The minimum absolute atomic E-state index is 0.377. The second-order valence-electron chi connectivity index (χ2n) is 4.61. The molecule has 5 nitrogen and oxygen atoms in total. The van der Waals surface area contributed by atoms with Crippen LogP contribution in [0.3, 0.4) is 0 Å². The SMILES string of the molecule is COc1cc(C)nc(CN2CCCC2C(=O)O)c1. The number of aliphatic carboxylic acids is 1. The van der Waals surface area contributed by atoms with E-state index in [0.717, 1.165) is 36.5 Å². The van der Waals surface area contributed by atoms with Gasteiger partial charge in [-0.2, -0.15) is 0 Å². The van der Waals surface area contributed by atoms with Crippen molar-refractivity contribution in [1.29, 1.82) is 0 Å². The first-order valence-corrected chi connectivity index (χ1v) is 6.08. The van der Waals surface area contributed by atoms with Crippen molar-refractivity contribution in [2.45, 2.75) is 32.4 Å². The summed E-state index contributed by atoms with van der Waals surface area (Å²) in [7, 11) is 1.62. The van der Waals surface area contributed by atoms with E-state index >= 15 is 0 Å². The Kier molecular flexibility index (Phi) is 3.81. The lowest BCUT2D eigenvalue weighted by Crippen LogP contribution is -2.35. The van der Waals surface area contributed by atoms with Gasteiger partial charge in [-0.3, -0.25) is 14.7 Å². The molecule has 1 atom stereocenters. The molecule has 5 heteroatoms. The van der Waals surface area contributed by atoms with Crippen molar-refractivity contribution in [3.8, 4) is 5.75 Å². The lowest BCUT2D eigenvalue weighted by atomic mass is 10.2. The van der Waals surface area contributed by atoms with E-state index in [1.54, 1.807) is 7.11 Å². The van der Waals surface area contributed by atoms with E-state index in [1.807, 2.05) is 24.0 Å². The number of carboxylic acids is 1. The van der Waals surface area contributed by atoms with Crippen LogP contribution in [-0.4, -0.2) is 40.7 Å². The van der Waals surface area contributed by atoms with Crippen molar-refractivity contribution in [2.75, 3.05) is 13.7 Å². The number of nitrogens with zero attached hydrogens (tertiary/aromatic N) is 2. The van der Waals surface area contributed by atoms with E-state index in [0.29, 0.717) is 6.54 Å². The molecule has 0 radical (unpaired) electrons. The number of hydrogen-bond acceptors (Lipinski definition) is 4. The van der Waals surface area contributed by atoms with Crippen LogP contribution in [0, 0.1) is 6.92 Å². The minimum Gasteiger partial charge on any atom is -0.497 e. The van der Waals surface area contributed by atoms with Gasteiger partial charge >= 0.3 is 5.97 Å². The highest BCUT2D eigenvalue weighted by molar-refractivity contribution is 5.73. The summed E-state index contributed by atoms with van der Waals surface area (Å²) in [5.74, 6) is 0.0238. The average Bonchev–Trinajstić information content (AvgIpc) is 2.76. The largest absolute Gasteiger partial charge is 0.497 e. The van der Waals surface area contributed by atoms with Crippen LogP contribution in [0.5, 0.6) is 5.75 Å². The van der Waals surface area contributed by atoms with Gasteiger partial charge in [0.2, 0.25) is 0 Å². The van der Waals surface area contributed by atoms with E-state index in [1.165, 1.54) is 0 Å². The third-order valence-corrected chi connectivity index (χ3v) is 3.23. The average molecular weight is 250 g/mol. The van der Waals surface area contributed by atoms with Crippen molar-refractivity contribution in [3.05, 3.63) is 23.5 Å². The number of hydrogen-bond donors (Lipinski definition) is 1. The van der Waals surface area contributed by atoms with Gasteiger partial charge in [0, 0.05) is 24.4 Å². The number of likely N-dealkylation sites (tertiary alicyclic amines) is 1. The van der Waals surface area contributed by atoms with Gasteiger partial charge in [0.25, 0.3) is 0 Å². The van der Waals surface area contributed by atoms with Gasteiger partial charge in [-0.15, -0.1) is 0 Å². The fraction of sp³-hybridized carbons (Fsp3) is 0.538. The lowest BCUT2D eigenvalue weighted by Gasteiger charge is -2.20. The molecule has 0 amide bonds. The third-order valence-electron chi connectivity index (χ3n) is 3.23. The first-order valence-electron chi connectivity index (χ1n) is 6.08. The van der Waals surface area contributed by atoms with E-state index < -0.39 is 5.97 Å². The number of aryl methyl sites for hydroxylation is 1. The molecule has 1 saturated heterocycles. The molecule has 0 saturated carbocycles. The molecule has 1 fully saturated rings. The first-order chi connectivity index (χ1) is 8.60. The van der Waals surface area contributed by atoms with Gasteiger partial charge in [0.15, 0.2) is 0 Å². The summed E-state index contributed by atoms with van der Waals surface area (Å²) in [5.41, 5.74) is 1.75. The van der Waals surface area contributed by atoms with E-state index in [-0.39, 0.29) is 6.04 Å². The van der Waals surface area contributed by atoms with E-state index in [9.17, 15) is 4.79 Å². The number of pyridine rings is 1. The molecule has 1 aliphatic rings. The van der Waals surface area contributed by atoms with Crippen LogP contribution in [0.15, 0.2) is 12.1 Å². The zero-order valence-corrected chi connectivity index (χ0v) is 10.7. The Hall–Kier alpha value is -1.62. The van der Waals surface area contributed by atoms with Crippen molar-refractivity contribution in [1.82, 2.24) is 9.88 Å². The highest BCUT2D eigenvalue weighted by Gasteiger charge is 2.30. The molecule has 1 N–H and O–H groups in total. The monoisotopic (exact) mass is 250 g/mol. The first kappa shape index (κ1) is 12.8. The molecule has 1 aliphatic heterocycles. The molecule has 1 aromatic heterocycles. The Labute approximate surface area is 106 Å². The van der Waals surface area contributed by atoms with Crippen LogP contribution in [-0.2, 0) is 11.3 Å². The summed E-state index contributed by atoms with van der Waals surface area (Å²) in [4.78, 5) is 17.5. The maximum Gasteiger partial charge on any atom is 0.320 e. The Bertz CT molecular complexity index is 448. The molecule has 2 heterocycles. The van der Waals surface area contributed by atoms with Crippen LogP contribution in [0.4, 0.5) is 0 Å². The lowest BCUT2D eigenvalue weighted by molar-refractivity contribution is -0.142. The van der Waals surface area contributed by atoms with Crippen LogP contribution >= 0.6 is 0 Å². The topological polar surface area (TPSA) is 62.7 Å². The molecule has 0 spiro atoms. The van der Waals surface area contributed by atoms with Crippen LogP contribution < -0.4 is 4.74 Å². The van der Waals surface area contributed by atoms with Crippen molar-refractivity contribution >= 4 is 5.97 Å². The molecule has 2 rings (SSSR count). The van der Waals surface area contributed by atoms with Gasteiger partial charge in [0.05, 0.1) is 12.8 Å². The fourth-order valence-corrected chi connectivity index (χ4v) is 2.40. The quantitative estimate of drug-likeness (QED) is 0.876. The maximum atomic E-state index is 11.1. The Balaban J connectivity index is 2.13. The van der Waals surface area contributed by atoms with Crippen molar-refractivity contribution in [3.63, 3.8) is 0 Å². The summed E-state index contributed by atoms with van der Waals surface area (Å²) in [6.45, 7) is 3.29. The molecule has 1 unspecified atom stereocenters. The highest BCUT2D eigenvalue weighted by atomic mass is 16.5. The van der Waals surface area contributed by atoms with E-state index in [4.69, 9.17) is 9.84 Å². The van der Waals surface area contributed by atoms with Gasteiger partial charge in [-0.1, -0.05) is 0 Å². The summed E-state index contributed by atoms with van der Waals surface area (Å²) >= 11 is 0. The van der Waals surface area contributed by atoms with Crippen molar-refractivity contribution in [2.24, 2.45) is 0 Å². The number of carboxylic acid groups (broad SMARTS) is 1. The zero-order valence-electron chi connectivity index (χ0n) is 10.7. The molecular weight excluding hydrogens is 232 g/mol. The molecule has 0 aliphatic carbocycles. The Morgan fingerprint density at radius 3 is 3.06 bits per heavy atom. The Morgan fingerprint density at radius 1 is 1.61 bits per heavy atom. The predicted octanol–water partition coefficient (Wildman–Crippen LogP) is 1.45. The standard InChI is InChI=1S/C13H18N2O3/c1-9-6-11(18-2)7-10(14-9)8-15-5-3-4-12(15)13(16)17/h6-7,12H,3-5,8H2,1-2H3,(H,16,17). The van der Waals surface area contributed by atoms with Gasteiger partial charge in [-0.25, -0.2) is 0 Å². The number of ether oxygens (including phenoxy) is 1. The minimum atomic E-state index is -0.743. The van der Waals surface area contributed by atoms with Crippen molar-refractivity contribution < 1.29 is 14.6 Å². The molecule has 0 aromatic carbocycles. The molecule has 1 aromatic rings. The fourth-order valence-electron chi connectivity index (χ4n) is 2.40. The smallest absolute Gasteiger partial charge is 0.320 e. The van der Waals surface area contributed by atoms with Crippen LogP contribution in [0.2, 0.25) is 0 Å². The van der Waals surface area contributed by atoms with Gasteiger partial charge in [0.1, 0.15) is 11.8 Å². The number of rotatable bonds is 4. The Morgan fingerprint density at radius 2 is 2.39 bits per heavy atom. The predicted molar refractivity (Wildman–Crippen MR) is 66.6 cm³/mol. The molecule has 0 bridgehead atoms. The van der Waals surface area contributed by atoms with Crippen LogP contribution in [0.25, 0.3) is 0 Å². The number of aromatic nitrogens is 1. The summed E-state index contributed by atoms with van der Waals surface area (Å²) in [6.07, 6.45) is 1.65. The van der Waals surface area contributed by atoms with Gasteiger partial charge < -0.3 is 9.84 Å². The summed E-state index contributed by atoms with van der Waals surface area (Å²) in [5, 5.41) is 9.13. The summed E-state index contributed by atoms with van der Waals surface area (Å²) < 4.78 is 5.20. The highest BCUT2D eigenvalue weighted by Crippen LogP contribution is 2.21. The molecule has 98 valence electrons. The molecule has 18 heavy (non-hydrogen) atoms.